The standard InChI is InChI=1S/C17H22N2O4S/c1-19-14(20)9-12(15(19)13-3-2-8-24-13)16(21)18-11-6-4-10(5-7-11)17(22)23/h2-3,8,10-12,15H,4-7,9H2,1H3,(H,18,21)(H,22,23). The van der Waals surface area contributed by atoms with E-state index in [1.165, 1.54) is 0 Å². The average molecular weight is 350 g/mol. The van der Waals surface area contributed by atoms with E-state index in [1.807, 2.05) is 17.5 Å². The van der Waals surface area contributed by atoms with Crippen molar-refractivity contribution >= 4 is 29.1 Å². The summed E-state index contributed by atoms with van der Waals surface area (Å²) < 4.78 is 0. The maximum atomic E-state index is 12.7. The number of aliphatic carboxylic acids is 1. The number of carbonyl (C=O) groups excluding carboxylic acids is 2. The van der Waals surface area contributed by atoms with Crippen LogP contribution >= 0.6 is 11.3 Å². The fraction of sp³-hybridized carbons (Fsp3) is 0.588. The van der Waals surface area contributed by atoms with E-state index in [0.29, 0.717) is 25.7 Å². The Kier molecular flexibility index (Phi) is 4.89. The first-order chi connectivity index (χ1) is 11.5. The van der Waals surface area contributed by atoms with E-state index in [9.17, 15) is 14.4 Å². The van der Waals surface area contributed by atoms with Crippen molar-refractivity contribution in [2.45, 2.75) is 44.2 Å². The van der Waals surface area contributed by atoms with Crippen LogP contribution in [-0.2, 0) is 14.4 Å². The molecule has 1 aliphatic carbocycles. The van der Waals surface area contributed by atoms with Gasteiger partial charge in [0, 0.05) is 24.4 Å². The minimum atomic E-state index is -0.749. The number of nitrogens with zero attached hydrogens (tertiary/aromatic N) is 1. The molecule has 1 saturated carbocycles. The van der Waals surface area contributed by atoms with Gasteiger partial charge in [-0.05, 0) is 37.1 Å². The lowest BCUT2D eigenvalue weighted by atomic mass is 9.85. The number of nitrogens with one attached hydrogen (secondary N) is 1. The van der Waals surface area contributed by atoms with Gasteiger partial charge in [-0.1, -0.05) is 6.07 Å². The molecule has 6 nitrogen and oxygen atoms in total. The average Bonchev–Trinajstić information content (AvgIpc) is 3.17. The van der Waals surface area contributed by atoms with Crippen molar-refractivity contribution in [1.82, 2.24) is 10.2 Å². The number of likely N-dealkylation sites (tertiary alicyclic amines) is 1. The third kappa shape index (κ3) is 3.31. The van der Waals surface area contributed by atoms with Crippen molar-refractivity contribution in [3.8, 4) is 0 Å². The molecular formula is C17H22N2O4S. The first kappa shape index (κ1) is 17.0. The molecule has 2 aliphatic rings. The molecule has 0 radical (unpaired) electrons. The van der Waals surface area contributed by atoms with Crippen molar-refractivity contribution in [3.63, 3.8) is 0 Å². The van der Waals surface area contributed by atoms with Gasteiger partial charge >= 0.3 is 5.97 Å². The smallest absolute Gasteiger partial charge is 0.306 e. The quantitative estimate of drug-likeness (QED) is 0.870. The first-order valence-electron chi connectivity index (χ1n) is 8.29. The van der Waals surface area contributed by atoms with Crippen LogP contribution in [-0.4, -0.2) is 40.9 Å². The second kappa shape index (κ2) is 6.93. The molecule has 24 heavy (non-hydrogen) atoms. The van der Waals surface area contributed by atoms with E-state index in [1.54, 1.807) is 23.3 Å². The van der Waals surface area contributed by atoms with Crippen LogP contribution in [0, 0.1) is 11.8 Å². The van der Waals surface area contributed by atoms with E-state index >= 15 is 0 Å². The molecule has 1 aromatic rings. The summed E-state index contributed by atoms with van der Waals surface area (Å²) in [6.45, 7) is 0. The highest BCUT2D eigenvalue weighted by Gasteiger charge is 2.43. The number of thiophene rings is 1. The van der Waals surface area contributed by atoms with Crippen LogP contribution in [0.25, 0.3) is 0 Å². The van der Waals surface area contributed by atoms with Crippen LogP contribution in [0.2, 0.25) is 0 Å². The number of hydrogen-bond donors (Lipinski definition) is 2. The van der Waals surface area contributed by atoms with Crippen LogP contribution in [0.4, 0.5) is 0 Å². The van der Waals surface area contributed by atoms with Crippen molar-refractivity contribution in [2.75, 3.05) is 7.05 Å². The van der Waals surface area contributed by atoms with Gasteiger partial charge in [0.05, 0.1) is 17.9 Å². The molecule has 1 aromatic heterocycles. The minimum Gasteiger partial charge on any atom is -0.481 e. The zero-order chi connectivity index (χ0) is 17.3. The maximum Gasteiger partial charge on any atom is 0.306 e. The first-order valence-corrected chi connectivity index (χ1v) is 9.17. The van der Waals surface area contributed by atoms with Gasteiger partial charge < -0.3 is 15.3 Å². The van der Waals surface area contributed by atoms with Crippen LogP contribution in [0.1, 0.15) is 43.0 Å². The van der Waals surface area contributed by atoms with Crippen LogP contribution in [0.15, 0.2) is 17.5 Å². The Bertz CT molecular complexity index is 623. The van der Waals surface area contributed by atoms with E-state index in [4.69, 9.17) is 5.11 Å². The largest absolute Gasteiger partial charge is 0.481 e. The van der Waals surface area contributed by atoms with Gasteiger partial charge in [0.15, 0.2) is 0 Å². The molecular weight excluding hydrogens is 328 g/mol. The molecule has 130 valence electrons. The lowest BCUT2D eigenvalue weighted by Crippen LogP contribution is -2.42. The Morgan fingerprint density at radius 3 is 2.58 bits per heavy atom. The molecule has 1 saturated heterocycles. The molecule has 3 rings (SSSR count). The molecule has 2 N–H and O–H groups in total. The van der Waals surface area contributed by atoms with E-state index < -0.39 is 5.97 Å². The Labute approximate surface area is 144 Å². The van der Waals surface area contributed by atoms with Crippen molar-refractivity contribution in [3.05, 3.63) is 22.4 Å². The molecule has 0 aromatic carbocycles. The van der Waals surface area contributed by atoms with Gasteiger partial charge in [-0.15, -0.1) is 11.3 Å². The number of hydrogen-bond acceptors (Lipinski definition) is 4. The summed E-state index contributed by atoms with van der Waals surface area (Å²) in [5.74, 6) is -1.52. The molecule has 2 unspecified atom stereocenters. The number of amides is 2. The second-order valence-electron chi connectivity index (χ2n) is 6.67. The fourth-order valence-electron chi connectivity index (χ4n) is 3.75. The Hall–Kier alpha value is -1.89. The molecule has 1 aliphatic heterocycles. The third-order valence-corrected chi connectivity index (χ3v) is 6.12. The highest BCUT2D eigenvalue weighted by atomic mass is 32.1. The normalized spacial score (nSPS) is 30.4. The summed E-state index contributed by atoms with van der Waals surface area (Å²) in [6.07, 6.45) is 2.79. The summed E-state index contributed by atoms with van der Waals surface area (Å²) in [4.78, 5) is 38.5. The molecule has 0 bridgehead atoms. The number of rotatable bonds is 4. The summed E-state index contributed by atoms with van der Waals surface area (Å²) >= 11 is 1.56. The molecule has 2 heterocycles. The summed E-state index contributed by atoms with van der Waals surface area (Å²) in [5, 5.41) is 14.0. The zero-order valence-electron chi connectivity index (χ0n) is 13.6. The van der Waals surface area contributed by atoms with Crippen molar-refractivity contribution < 1.29 is 19.5 Å². The highest BCUT2D eigenvalue weighted by molar-refractivity contribution is 7.10. The molecule has 7 heteroatoms. The van der Waals surface area contributed by atoms with Gasteiger partial charge in [0.25, 0.3) is 0 Å². The summed E-state index contributed by atoms with van der Waals surface area (Å²) in [5.41, 5.74) is 0. The van der Waals surface area contributed by atoms with Gasteiger partial charge in [0.1, 0.15) is 0 Å². The highest BCUT2D eigenvalue weighted by Crippen LogP contribution is 2.39. The molecule has 2 atom stereocenters. The minimum absolute atomic E-state index is 0.0110. The molecule has 0 spiro atoms. The van der Waals surface area contributed by atoms with Crippen molar-refractivity contribution in [2.24, 2.45) is 11.8 Å². The molecule has 2 amide bonds. The number of carbonyl (C=O) groups is 3. The van der Waals surface area contributed by atoms with Gasteiger partial charge in [-0.25, -0.2) is 0 Å². The predicted octanol–water partition coefficient (Wildman–Crippen LogP) is 2.03. The third-order valence-electron chi connectivity index (χ3n) is 5.18. The summed E-state index contributed by atoms with van der Waals surface area (Å²) in [6, 6.07) is 3.70. The number of carboxylic acids is 1. The lowest BCUT2D eigenvalue weighted by Gasteiger charge is -2.29. The van der Waals surface area contributed by atoms with E-state index in [-0.39, 0.29) is 42.2 Å². The molecule has 2 fully saturated rings. The van der Waals surface area contributed by atoms with E-state index in [0.717, 1.165) is 4.88 Å². The topological polar surface area (TPSA) is 86.7 Å². The van der Waals surface area contributed by atoms with Gasteiger partial charge in [-0.2, -0.15) is 0 Å². The van der Waals surface area contributed by atoms with Crippen LogP contribution in [0.3, 0.4) is 0 Å². The fourth-order valence-corrected chi connectivity index (χ4v) is 4.68. The van der Waals surface area contributed by atoms with Gasteiger partial charge in [0.2, 0.25) is 11.8 Å². The number of carboxylic acid groups (broad SMARTS) is 1. The monoisotopic (exact) mass is 350 g/mol. The Balaban J connectivity index is 1.64. The predicted molar refractivity (Wildman–Crippen MR) is 89.5 cm³/mol. The van der Waals surface area contributed by atoms with Crippen molar-refractivity contribution in [1.29, 1.82) is 0 Å². The Morgan fingerprint density at radius 1 is 1.29 bits per heavy atom. The summed E-state index contributed by atoms with van der Waals surface area (Å²) in [7, 11) is 1.75. The maximum absolute atomic E-state index is 12.7. The van der Waals surface area contributed by atoms with E-state index in [2.05, 4.69) is 5.32 Å². The van der Waals surface area contributed by atoms with Crippen LogP contribution < -0.4 is 5.32 Å². The zero-order valence-corrected chi connectivity index (χ0v) is 14.4. The Morgan fingerprint density at radius 2 is 2.00 bits per heavy atom. The van der Waals surface area contributed by atoms with Crippen LogP contribution in [0.5, 0.6) is 0 Å². The van der Waals surface area contributed by atoms with Gasteiger partial charge in [-0.3, -0.25) is 14.4 Å². The lowest BCUT2D eigenvalue weighted by molar-refractivity contribution is -0.143. The second-order valence-corrected chi connectivity index (χ2v) is 7.65. The SMILES string of the molecule is CN1C(=O)CC(C(=O)NC2CCC(C(=O)O)CC2)C1c1cccs1.